The summed E-state index contributed by atoms with van der Waals surface area (Å²) in [5.41, 5.74) is 7.50. The summed E-state index contributed by atoms with van der Waals surface area (Å²) in [6.45, 7) is 1.34. The Hall–Kier alpha value is -2.66. The van der Waals surface area contributed by atoms with E-state index < -0.39 is 0 Å². The maximum atomic E-state index is 11.2. The predicted octanol–water partition coefficient (Wildman–Crippen LogP) is 2.00. The van der Waals surface area contributed by atoms with Crippen molar-refractivity contribution in [3.63, 3.8) is 0 Å². The van der Waals surface area contributed by atoms with Gasteiger partial charge >= 0.3 is 5.97 Å². The molecule has 22 heavy (non-hydrogen) atoms. The van der Waals surface area contributed by atoms with Gasteiger partial charge in [-0.2, -0.15) is 0 Å². The highest BCUT2D eigenvalue weighted by Crippen LogP contribution is 2.09. The number of benzene rings is 1. The first kappa shape index (κ1) is 15.7. The lowest BCUT2D eigenvalue weighted by Gasteiger charge is -2.03. The first-order valence-corrected chi connectivity index (χ1v) is 7.02. The Kier molecular flexibility index (Phi) is 6.14. The summed E-state index contributed by atoms with van der Waals surface area (Å²) in [5, 5.41) is 0. The highest BCUT2D eigenvalue weighted by Gasteiger charge is 1.96. The van der Waals surface area contributed by atoms with Gasteiger partial charge in [0.1, 0.15) is 6.61 Å². The summed E-state index contributed by atoms with van der Waals surface area (Å²) in [5.74, 6) is -0.385. The van der Waals surface area contributed by atoms with E-state index in [1.807, 2.05) is 35.0 Å². The van der Waals surface area contributed by atoms with Gasteiger partial charge in [-0.25, -0.2) is 9.78 Å². The minimum Gasteiger partial charge on any atom is -0.458 e. The smallest absolute Gasteiger partial charge is 0.330 e. The van der Waals surface area contributed by atoms with Gasteiger partial charge in [-0.1, -0.05) is 30.4 Å². The van der Waals surface area contributed by atoms with Gasteiger partial charge in [0.05, 0.1) is 6.33 Å². The van der Waals surface area contributed by atoms with Crippen molar-refractivity contribution in [2.75, 3.05) is 13.2 Å². The van der Waals surface area contributed by atoms with Crippen molar-refractivity contribution in [1.82, 2.24) is 9.55 Å². The Morgan fingerprint density at radius 3 is 3.05 bits per heavy atom. The zero-order chi connectivity index (χ0) is 15.6. The van der Waals surface area contributed by atoms with Crippen LogP contribution in [0.3, 0.4) is 0 Å². The Bertz CT molecular complexity index is 646. The third-order valence-corrected chi connectivity index (χ3v) is 2.90. The molecule has 0 atom stereocenters. The highest BCUT2D eigenvalue weighted by atomic mass is 16.5. The van der Waals surface area contributed by atoms with Crippen LogP contribution in [-0.2, 0) is 16.1 Å². The van der Waals surface area contributed by atoms with Crippen LogP contribution < -0.4 is 5.73 Å². The van der Waals surface area contributed by atoms with E-state index >= 15 is 0 Å². The normalized spacial score (nSPS) is 11.3. The van der Waals surface area contributed by atoms with Gasteiger partial charge in [-0.15, -0.1) is 0 Å². The molecule has 0 radical (unpaired) electrons. The molecular formula is C17H19N3O2. The topological polar surface area (TPSA) is 70.1 Å². The molecule has 0 saturated carbocycles. The second kappa shape index (κ2) is 8.59. The van der Waals surface area contributed by atoms with Crippen molar-refractivity contribution in [1.29, 1.82) is 0 Å². The van der Waals surface area contributed by atoms with Gasteiger partial charge in [-0.05, 0) is 23.3 Å². The molecule has 0 aliphatic carbocycles. The Labute approximate surface area is 129 Å². The third-order valence-electron chi connectivity index (χ3n) is 2.90. The summed E-state index contributed by atoms with van der Waals surface area (Å²) in [6.07, 6.45) is 12.1. The van der Waals surface area contributed by atoms with E-state index in [1.165, 1.54) is 11.6 Å². The molecule has 114 valence electrons. The summed E-state index contributed by atoms with van der Waals surface area (Å²) in [7, 11) is 0. The molecule has 0 saturated heterocycles. The van der Waals surface area contributed by atoms with Gasteiger partial charge in [0.15, 0.2) is 0 Å². The van der Waals surface area contributed by atoms with Gasteiger partial charge in [0.25, 0.3) is 0 Å². The minimum atomic E-state index is -0.385. The molecular weight excluding hydrogens is 278 g/mol. The Morgan fingerprint density at radius 1 is 1.36 bits per heavy atom. The van der Waals surface area contributed by atoms with Crippen LogP contribution in [0.2, 0.25) is 0 Å². The lowest BCUT2D eigenvalue weighted by atomic mass is 10.1. The van der Waals surface area contributed by atoms with Crippen LogP contribution in [0.4, 0.5) is 0 Å². The zero-order valence-corrected chi connectivity index (χ0v) is 12.3. The van der Waals surface area contributed by atoms with Crippen LogP contribution in [-0.4, -0.2) is 28.7 Å². The molecule has 5 nitrogen and oxygen atoms in total. The fourth-order valence-corrected chi connectivity index (χ4v) is 1.91. The van der Waals surface area contributed by atoms with E-state index in [0.717, 1.165) is 12.1 Å². The second-order valence-electron chi connectivity index (χ2n) is 4.65. The van der Waals surface area contributed by atoms with E-state index in [4.69, 9.17) is 10.5 Å². The van der Waals surface area contributed by atoms with Crippen molar-refractivity contribution < 1.29 is 9.53 Å². The lowest BCUT2D eigenvalue weighted by molar-refractivity contribution is -0.136. The first-order valence-electron chi connectivity index (χ1n) is 7.02. The quantitative estimate of drug-likeness (QED) is 0.627. The van der Waals surface area contributed by atoms with E-state index in [2.05, 4.69) is 17.1 Å². The van der Waals surface area contributed by atoms with Crippen LogP contribution in [0.25, 0.3) is 6.08 Å². The number of imidazole rings is 1. The van der Waals surface area contributed by atoms with Crippen molar-refractivity contribution >= 4 is 12.0 Å². The van der Waals surface area contributed by atoms with Crippen molar-refractivity contribution in [3.8, 4) is 0 Å². The number of rotatable bonds is 7. The number of carbonyl (C=O) groups is 1. The van der Waals surface area contributed by atoms with Gasteiger partial charge in [-0.3, -0.25) is 0 Å². The van der Waals surface area contributed by atoms with Crippen molar-refractivity contribution in [3.05, 3.63) is 72.3 Å². The molecule has 0 fully saturated rings. The summed E-state index contributed by atoms with van der Waals surface area (Å²) in [4.78, 5) is 15.3. The minimum absolute atomic E-state index is 0.236. The van der Waals surface area contributed by atoms with Crippen LogP contribution in [0.5, 0.6) is 0 Å². The molecule has 1 aromatic carbocycles. The number of hydrogen-bond acceptors (Lipinski definition) is 4. The number of nitrogens with zero attached hydrogens (tertiary/aromatic N) is 2. The molecule has 0 aliphatic rings. The number of carbonyl (C=O) groups excluding carboxylic acids is 1. The number of aromatic nitrogens is 2. The van der Waals surface area contributed by atoms with Gasteiger partial charge in [0.2, 0.25) is 0 Å². The molecule has 0 spiro atoms. The molecule has 0 bridgehead atoms. The third kappa shape index (κ3) is 5.38. The molecule has 1 aromatic heterocycles. The Morgan fingerprint density at radius 2 is 2.27 bits per heavy atom. The molecule has 2 aromatic rings. The average molecular weight is 297 g/mol. The SMILES string of the molecule is NCC=CC(=O)OCC=Cc1cccc(Cn2ccnc2)c1. The second-order valence-corrected chi connectivity index (χ2v) is 4.65. The van der Waals surface area contributed by atoms with Crippen molar-refractivity contribution in [2.45, 2.75) is 6.54 Å². The van der Waals surface area contributed by atoms with E-state index in [1.54, 1.807) is 18.6 Å². The zero-order valence-electron chi connectivity index (χ0n) is 12.3. The lowest BCUT2D eigenvalue weighted by Crippen LogP contribution is -2.02. The molecule has 1 heterocycles. The van der Waals surface area contributed by atoms with Crippen LogP contribution in [0, 0.1) is 0 Å². The highest BCUT2D eigenvalue weighted by molar-refractivity contribution is 5.82. The monoisotopic (exact) mass is 297 g/mol. The predicted molar refractivity (Wildman–Crippen MR) is 86.0 cm³/mol. The summed E-state index contributed by atoms with van der Waals surface area (Å²) >= 11 is 0. The molecule has 2 rings (SSSR count). The maximum Gasteiger partial charge on any atom is 0.330 e. The van der Waals surface area contributed by atoms with E-state index in [9.17, 15) is 4.79 Å². The van der Waals surface area contributed by atoms with Crippen molar-refractivity contribution in [2.24, 2.45) is 5.73 Å². The molecule has 0 amide bonds. The van der Waals surface area contributed by atoms with Crippen LogP contribution >= 0.6 is 0 Å². The molecule has 5 heteroatoms. The molecule has 0 aliphatic heterocycles. The first-order chi connectivity index (χ1) is 10.8. The maximum absolute atomic E-state index is 11.2. The Balaban J connectivity index is 1.86. The van der Waals surface area contributed by atoms with E-state index in [-0.39, 0.29) is 12.6 Å². The average Bonchev–Trinajstić information content (AvgIpc) is 3.03. The van der Waals surface area contributed by atoms with Gasteiger partial charge < -0.3 is 15.0 Å². The summed E-state index contributed by atoms with van der Waals surface area (Å²) < 4.78 is 7.01. The fourth-order valence-electron chi connectivity index (χ4n) is 1.91. The van der Waals surface area contributed by atoms with E-state index in [0.29, 0.717) is 6.54 Å². The summed E-state index contributed by atoms with van der Waals surface area (Å²) in [6, 6.07) is 8.16. The number of nitrogens with two attached hydrogens (primary N) is 1. The standard InChI is InChI=1S/C17H19N3O2/c18-8-2-7-17(21)22-11-3-6-15-4-1-5-16(12-15)13-20-10-9-19-14-20/h1-7,9-10,12,14H,8,11,13,18H2. The number of hydrogen-bond donors (Lipinski definition) is 1. The number of esters is 1. The molecule has 2 N–H and O–H groups in total. The van der Waals surface area contributed by atoms with Crippen LogP contribution in [0.1, 0.15) is 11.1 Å². The molecule has 0 unspecified atom stereocenters. The number of ether oxygens (including phenoxy) is 1. The van der Waals surface area contributed by atoms with Gasteiger partial charge in [0, 0.05) is 31.6 Å². The van der Waals surface area contributed by atoms with Crippen LogP contribution in [0.15, 0.2) is 61.2 Å². The largest absolute Gasteiger partial charge is 0.458 e. The fraction of sp³-hybridized carbons (Fsp3) is 0.176.